The normalized spacial score (nSPS) is 20.4. The van der Waals surface area contributed by atoms with Crippen LogP contribution in [0.2, 0.25) is 0 Å². The zero-order valence-electron chi connectivity index (χ0n) is 16.9. The van der Waals surface area contributed by atoms with Crippen LogP contribution in [0.1, 0.15) is 18.4 Å². The first kappa shape index (κ1) is 19.7. The lowest BCUT2D eigenvalue weighted by Crippen LogP contribution is -2.74. The molecule has 0 bridgehead atoms. The summed E-state index contributed by atoms with van der Waals surface area (Å²) in [5, 5.41) is 0. The SMILES string of the molecule is COC1CN(c2ccc(C)cc2)C12CCN(C(=O)COc1ccc(F)cc1)CC2. The molecular weight excluding hydrogens is 371 g/mol. The molecule has 1 unspecified atom stereocenters. The summed E-state index contributed by atoms with van der Waals surface area (Å²) in [4.78, 5) is 16.9. The largest absolute Gasteiger partial charge is 0.484 e. The number of likely N-dealkylation sites (tertiary alicyclic amines) is 1. The average Bonchev–Trinajstić information content (AvgIpc) is 2.74. The van der Waals surface area contributed by atoms with Crippen LogP contribution in [0.3, 0.4) is 0 Å². The molecule has 5 nitrogen and oxygen atoms in total. The van der Waals surface area contributed by atoms with Gasteiger partial charge in [-0.05, 0) is 56.2 Å². The van der Waals surface area contributed by atoms with Gasteiger partial charge in [0.25, 0.3) is 5.91 Å². The molecule has 2 aromatic rings. The summed E-state index contributed by atoms with van der Waals surface area (Å²) >= 11 is 0. The molecule has 2 heterocycles. The molecule has 2 aliphatic heterocycles. The van der Waals surface area contributed by atoms with Gasteiger partial charge in [0.05, 0.1) is 11.6 Å². The summed E-state index contributed by atoms with van der Waals surface area (Å²) in [6.45, 7) is 4.28. The minimum Gasteiger partial charge on any atom is -0.484 e. The fourth-order valence-corrected chi connectivity index (χ4v) is 4.46. The Balaban J connectivity index is 1.37. The van der Waals surface area contributed by atoms with Crippen LogP contribution in [-0.2, 0) is 9.53 Å². The molecule has 1 atom stereocenters. The van der Waals surface area contributed by atoms with E-state index in [9.17, 15) is 9.18 Å². The van der Waals surface area contributed by atoms with Crippen LogP contribution >= 0.6 is 0 Å². The number of rotatable bonds is 5. The topological polar surface area (TPSA) is 42.0 Å². The van der Waals surface area contributed by atoms with Gasteiger partial charge in [0.2, 0.25) is 0 Å². The first-order chi connectivity index (χ1) is 14.0. The highest BCUT2D eigenvalue weighted by molar-refractivity contribution is 5.78. The molecule has 2 saturated heterocycles. The zero-order valence-corrected chi connectivity index (χ0v) is 16.9. The molecule has 2 aliphatic rings. The molecule has 0 aliphatic carbocycles. The van der Waals surface area contributed by atoms with Crippen molar-refractivity contribution in [3.63, 3.8) is 0 Å². The highest BCUT2D eigenvalue weighted by atomic mass is 19.1. The van der Waals surface area contributed by atoms with Gasteiger partial charge in [-0.3, -0.25) is 4.79 Å². The van der Waals surface area contributed by atoms with E-state index in [4.69, 9.17) is 9.47 Å². The van der Waals surface area contributed by atoms with Crippen molar-refractivity contribution in [1.29, 1.82) is 0 Å². The number of aryl methyl sites for hydroxylation is 1. The molecular formula is C23H27FN2O3. The number of anilines is 1. The van der Waals surface area contributed by atoms with Crippen molar-refractivity contribution in [1.82, 2.24) is 4.90 Å². The van der Waals surface area contributed by atoms with Gasteiger partial charge < -0.3 is 19.3 Å². The van der Waals surface area contributed by atoms with Crippen molar-refractivity contribution in [2.24, 2.45) is 0 Å². The number of piperidine rings is 1. The van der Waals surface area contributed by atoms with E-state index in [2.05, 4.69) is 36.1 Å². The molecule has 2 aromatic carbocycles. The fourth-order valence-electron chi connectivity index (χ4n) is 4.46. The van der Waals surface area contributed by atoms with E-state index in [1.807, 2.05) is 4.90 Å². The second-order valence-corrected chi connectivity index (χ2v) is 7.90. The van der Waals surface area contributed by atoms with Gasteiger partial charge >= 0.3 is 0 Å². The summed E-state index contributed by atoms with van der Waals surface area (Å²) in [6, 6.07) is 14.3. The van der Waals surface area contributed by atoms with Crippen LogP contribution in [0.5, 0.6) is 5.75 Å². The number of halogens is 1. The molecule has 154 valence electrons. The first-order valence-corrected chi connectivity index (χ1v) is 10.0. The molecule has 1 amide bonds. The maximum absolute atomic E-state index is 13.0. The predicted octanol–water partition coefficient (Wildman–Crippen LogP) is 3.41. The van der Waals surface area contributed by atoms with Gasteiger partial charge in [0.1, 0.15) is 11.6 Å². The second kappa shape index (κ2) is 8.03. The molecule has 0 radical (unpaired) electrons. The monoisotopic (exact) mass is 398 g/mol. The Morgan fingerprint density at radius 2 is 1.76 bits per heavy atom. The van der Waals surface area contributed by atoms with Crippen molar-refractivity contribution in [3.05, 3.63) is 59.9 Å². The number of nitrogens with zero attached hydrogens (tertiary/aromatic N) is 2. The van der Waals surface area contributed by atoms with Crippen LogP contribution < -0.4 is 9.64 Å². The Labute approximate surface area is 171 Å². The third-order valence-electron chi connectivity index (χ3n) is 6.27. The van der Waals surface area contributed by atoms with Crippen LogP contribution in [0, 0.1) is 12.7 Å². The van der Waals surface area contributed by atoms with Crippen LogP contribution in [0.4, 0.5) is 10.1 Å². The standard InChI is InChI=1S/C23H27FN2O3/c1-17-3-7-19(8-4-17)26-15-21(28-2)23(26)11-13-25(14-12-23)22(27)16-29-20-9-5-18(24)6-10-20/h3-10,21H,11-16H2,1-2H3. The van der Waals surface area contributed by atoms with Crippen molar-refractivity contribution >= 4 is 11.6 Å². The van der Waals surface area contributed by atoms with Gasteiger partial charge in [-0.2, -0.15) is 0 Å². The Morgan fingerprint density at radius 1 is 1.10 bits per heavy atom. The number of methoxy groups -OCH3 is 1. The van der Waals surface area contributed by atoms with Gasteiger partial charge in [-0.25, -0.2) is 4.39 Å². The van der Waals surface area contributed by atoms with E-state index < -0.39 is 0 Å². The molecule has 0 aromatic heterocycles. The van der Waals surface area contributed by atoms with Crippen LogP contribution in [0.15, 0.2) is 48.5 Å². The summed E-state index contributed by atoms with van der Waals surface area (Å²) in [5.41, 5.74) is 2.40. The summed E-state index contributed by atoms with van der Waals surface area (Å²) in [7, 11) is 1.77. The van der Waals surface area contributed by atoms with E-state index >= 15 is 0 Å². The number of ether oxygens (including phenoxy) is 2. The number of carbonyl (C=O) groups excluding carboxylic acids is 1. The third kappa shape index (κ3) is 3.81. The molecule has 0 N–H and O–H groups in total. The zero-order chi connectivity index (χ0) is 20.4. The molecule has 0 saturated carbocycles. The summed E-state index contributed by atoms with van der Waals surface area (Å²) in [5.74, 6) is 0.132. The Hall–Kier alpha value is -2.60. The molecule has 29 heavy (non-hydrogen) atoms. The maximum atomic E-state index is 13.0. The first-order valence-electron chi connectivity index (χ1n) is 10.0. The smallest absolute Gasteiger partial charge is 0.260 e. The fraction of sp³-hybridized carbons (Fsp3) is 0.435. The van der Waals surface area contributed by atoms with Crippen LogP contribution in [-0.4, -0.2) is 55.8 Å². The lowest BCUT2D eigenvalue weighted by Gasteiger charge is -2.61. The summed E-state index contributed by atoms with van der Waals surface area (Å²) in [6.07, 6.45) is 1.90. The van der Waals surface area contributed by atoms with Gasteiger partial charge in [0, 0.05) is 32.4 Å². The van der Waals surface area contributed by atoms with Crippen molar-refractivity contribution < 1.29 is 18.7 Å². The minimum absolute atomic E-state index is 0.0337. The minimum atomic E-state index is -0.323. The number of amides is 1. The molecule has 6 heteroatoms. The second-order valence-electron chi connectivity index (χ2n) is 7.90. The number of carbonyl (C=O) groups is 1. The maximum Gasteiger partial charge on any atom is 0.260 e. The molecule has 4 rings (SSSR count). The average molecular weight is 398 g/mol. The van der Waals surface area contributed by atoms with Gasteiger partial charge in [-0.15, -0.1) is 0 Å². The lowest BCUT2D eigenvalue weighted by atomic mass is 9.73. The quantitative estimate of drug-likeness (QED) is 0.774. The lowest BCUT2D eigenvalue weighted by molar-refractivity contribution is -0.137. The Morgan fingerprint density at radius 3 is 2.38 bits per heavy atom. The van der Waals surface area contributed by atoms with E-state index in [1.54, 1.807) is 7.11 Å². The van der Waals surface area contributed by atoms with E-state index in [0.29, 0.717) is 18.8 Å². The Bertz CT molecular complexity index is 845. The highest BCUT2D eigenvalue weighted by Crippen LogP contribution is 2.44. The molecule has 2 fully saturated rings. The van der Waals surface area contributed by atoms with E-state index in [1.165, 1.54) is 35.5 Å². The van der Waals surface area contributed by atoms with Crippen molar-refractivity contribution in [2.45, 2.75) is 31.4 Å². The van der Waals surface area contributed by atoms with E-state index in [0.717, 1.165) is 19.4 Å². The van der Waals surface area contributed by atoms with Gasteiger partial charge in [0.15, 0.2) is 6.61 Å². The molecule has 1 spiro atoms. The number of hydrogen-bond acceptors (Lipinski definition) is 4. The number of hydrogen-bond donors (Lipinski definition) is 0. The van der Waals surface area contributed by atoms with Crippen molar-refractivity contribution in [3.8, 4) is 5.75 Å². The summed E-state index contributed by atoms with van der Waals surface area (Å²) < 4.78 is 24.3. The van der Waals surface area contributed by atoms with Gasteiger partial charge in [-0.1, -0.05) is 17.7 Å². The van der Waals surface area contributed by atoms with Crippen LogP contribution in [0.25, 0.3) is 0 Å². The highest BCUT2D eigenvalue weighted by Gasteiger charge is 2.55. The van der Waals surface area contributed by atoms with Crippen molar-refractivity contribution in [2.75, 3.05) is 38.3 Å². The third-order valence-corrected chi connectivity index (χ3v) is 6.27. The Kier molecular flexibility index (Phi) is 5.46. The number of benzene rings is 2. The predicted molar refractivity (Wildman–Crippen MR) is 110 cm³/mol. The van der Waals surface area contributed by atoms with E-state index in [-0.39, 0.29) is 30.0 Å².